The highest BCUT2D eigenvalue weighted by Crippen LogP contribution is 2.21. The smallest absolute Gasteiger partial charge is 0.217 e. The fraction of sp³-hybridized carbons (Fsp3) is 0.455. The van der Waals surface area contributed by atoms with Crippen LogP contribution in [0.4, 0.5) is 0 Å². The van der Waals surface area contributed by atoms with Crippen molar-refractivity contribution in [1.29, 1.82) is 0 Å². The number of aromatic nitrogens is 3. The molecule has 1 aliphatic heterocycles. The summed E-state index contributed by atoms with van der Waals surface area (Å²) in [4.78, 5) is 6.79. The first-order valence-corrected chi connectivity index (χ1v) is 6.70. The normalized spacial score (nSPS) is 17.2. The number of nitrogens with one attached hydrogen (secondary N) is 2. The molecule has 0 spiro atoms. The zero-order valence-electron chi connectivity index (χ0n) is 9.82. The van der Waals surface area contributed by atoms with Gasteiger partial charge in [-0.3, -0.25) is 10.00 Å². The van der Waals surface area contributed by atoms with Gasteiger partial charge in [0.15, 0.2) is 10.4 Å². The molecule has 3 heterocycles. The van der Waals surface area contributed by atoms with Gasteiger partial charge in [-0.15, -0.1) is 5.10 Å². The summed E-state index contributed by atoms with van der Waals surface area (Å²) in [6, 6.07) is 3.68. The number of piperazine rings is 1. The van der Waals surface area contributed by atoms with E-state index in [1.54, 1.807) is 0 Å². The van der Waals surface area contributed by atoms with E-state index >= 15 is 0 Å². The monoisotopic (exact) mass is 311 g/mol. The lowest BCUT2D eigenvalue weighted by Crippen LogP contribution is -2.43. The molecule has 3 rings (SSSR count). The Labute approximate surface area is 113 Å². The molecule has 0 amide bonds. The predicted octanol–water partition coefficient (Wildman–Crippen LogP) is 1.23. The van der Waals surface area contributed by atoms with Gasteiger partial charge in [0, 0.05) is 26.2 Å². The number of rotatable bonds is 3. The van der Waals surface area contributed by atoms with Crippen molar-refractivity contribution >= 4 is 15.9 Å². The first-order chi connectivity index (χ1) is 8.81. The van der Waals surface area contributed by atoms with Crippen LogP contribution in [0.3, 0.4) is 0 Å². The number of aromatic amines is 1. The third kappa shape index (κ3) is 2.63. The standard InChI is InChI=1S/C11H14BrN5O/c12-9-2-1-8(18-9)11-14-10(15-16-11)7-17-5-3-13-4-6-17/h1-2,13H,3-7H2,(H,14,15,16). The number of H-pyrrole nitrogens is 1. The maximum absolute atomic E-state index is 5.42. The van der Waals surface area contributed by atoms with Crippen molar-refractivity contribution in [3.05, 3.63) is 22.6 Å². The summed E-state index contributed by atoms with van der Waals surface area (Å²) in [5.41, 5.74) is 0. The average molecular weight is 312 g/mol. The van der Waals surface area contributed by atoms with Crippen molar-refractivity contribution in [2.24, 2.45) is 0 Å². The Balaban J connectivity index is 1.69. The second kappa shape index (κ2) is 5.21. The summed E-state index contributed by atoms with van der Waals surface area (Å²) >= 11 is 3.27. The Bertz CT molecular complexity index is 517. The largest absolute Gasteiger partial charge is 0.446 e. The predicted molar refractivity (Wildman–Crippen MR) is 69.9 cm³/mol. The number of halogens is 1. The van der Waals surface area contributed by atoms with Gasteiger partial charge in [0.2, 0.25) is 5.82 Å². The minimum absolute atomic E-state index is 0.603. The zero-order valence-corrected chi connectivity index (χ0v) is 11.4. The molecule has 7 heteroatoms. The van der Waals surface area contributed by atoms with Gasteiger partial charge in [0.25, 0.3) is 0 Å². The van der Waals surface area contributed by atoms with Gasteiger partial charge >= 0.3 is 0 Å². The molecule has 18 heavy (non-hydrogen) atoms. The molecule has 2 aromatic heterocycles. The highest BCUT2D eigenvalue weighted by molar-refractivity contribution is 9.10. The van der Waals surface area contributed by atoms with Gasteiger partial charge in [-0.2, -0.15) is 0 Å². The second-order valence-electron chi connectivity index (χ2n) is 4.24. The summed E-state index contributed by atoms with van der Waals surface area (Å²) in [6.45, 7) is 4.96. The lowest BCUT2D eigenvalue weighted by molar-refractivity contribution is 0.228. The first kappa shape index (κ1) is 11.9. The number of hydrogen-bond acceptors (Lipinski definition) is 5. The molecule has 96 valence electrons. The molecular weight excluding hydrogens is 298 g/mol. The van der Waals surface area contributed by atoms with Crippen LogP contribution < -0.4 is 5.32 Å². The summed E-state index contributed by atoms with van der Waals surface area (Å²) < 4.78 is 6.11. The maximum Gasteiger partial charge on any atom is 0.217 e. The SMILES string of the molecule is Brc1ccc(-c2n[nH]c(CN3CCNCC3)n2)o1. The Hall–Kier alpha value is -1.18. The van der Waals surface area contributed by atoms with Crippen LogP contribution in [0.25, 0.3) is 11.6 Å². The van der Waals surface area contributed by atoms with E-state index in [9.17, 15) is 0 Å². The topological polar surface area (TPSA) is 70.0 Å². The molecule has 1 saturated heterocycles. The van der Waals surface area contributed by atoms with Crippen molar-refractivity contribution < 1.29 is 4.42 Å². The van der Waals surface area contributed by atoms with Crippen LogP contribution >= 0.6 is 15.9 Å². The van der Waals surface area contributed by atoms with Crippen molar-refractivity contribution in [3.63, 3.8) is 0 Å². The van der Waals surface area contributed by atoms with Crippen LogP contribution in [-0.2, 0) is 6.54 Å². The molecular formula is C11H14BrN5O. The second-order valence-corrected chi connectivity index (χ2v) is 5.02. The summed E-state index contributed by atoms with van der Waals surface area (Å²) in [6.07, 6.45) is 0. The Kier molecular flexibility index (Phi) is 3.44. The fourth-order valence-corrected chi connectivity index (χ4v) is 2.30. The minimum atomic E-state index is 0.603. The van der Waals surface area contributed by atoms with Gasteiger partial charge in [-0.05, 0) is 28.1 Å². The van der Waals surface area contributed by atoms with Gasteiger partial charge in [0.05, 0.1) is 6.54 Å². The fourth-order valence-electron chi connectivity index (χ4n) is 1.99. The zero-order chi connectivity index (χ0) is 12.4. The van der Waals surface area contributed by atoms with Crippen LogP contribution in [0.2, 0.25) is 0 Å². The van der Waals surface area contributed by atoms with Crippen molar-refractivity contribution in [3.8, 4) is 11.6 Å². The summed E-state index contributed by atoms with van der Waals surface area (Å²) in [7, 11) is 0. The van der Waals surface area contributed by atoms with Crippen molar-refractivity contribution in [2.45, 2.75) is 6.54 Å². The van der Waals surface area contributed by atoms with E-state index in [0.717, 1.165) is 38.5 Å². The van der Waals surface area contributed by atoms with E-state index in [4.69, 9.17) is 4.42 Å². The Morgan fingerprint density at radius 2 is 2.17 bits per heavy atom. The lowest BCUT2D eigenvalue weighted by atomic mass is 10.3. The molecule has 0 aromatic carbocycles. The third-order valence-electron chi connectivity index (χ3n) is 2.91. The molecule has 0 aliphatic carbocycles. The summed E-state index contributed by atoms with van der Waals surface area (Å²) in [5.74, 6) is 2.15. The number of nitrogens with zero attached hydrogens (tertiary/aromatic N) is 3. The average Bonchev–Trinajstić information content (AvgIpc) is 2.99. The molecule has 0 saturated carbocycles. The van der Waals surface area contributed by atoms with E-state index < -0.39 is 0 Å². The van der Waals surface area contributed by atoms with Crippen LogP contribution in [0.5, 0.6) is 0 Å². The molecule has 1 aliphatic rings. The maximum atomic E-state index is 5.42. The van der Waals surface area contributed by atoms with Crippen LogP contribution in [0.1, 0.15) is 5.82 Å². The molecule has 0 radical (unpaired) electrons. The number of furan rings is 1. The molecule has 2 aromatic rings. The highest BCUT2D eigenvalue weighted by Gasteiger charge is 2.14. The molecule has 0 atom stereocenters. The summed E-state index contributed by atoms with van der Waals surface area (Å²) in [5, 5.41) is 10.5. The molecule has 2 N–H and O–H groups in total. The van der Waals surface area contributed by atoms with Gasteiger partial charge in [-0.25, -0.2) is 4.98 Å². The number of hydrogen-bond donors (Lipinski definition) is 2. The van der Waals surface area contributed by atoms with E-state index in [-0.39, 0.29) is 0 Å². The Morgan fingerprint density at radius 3 is 2.89 bits per heavy atom. The van der Waals surface area contributed by atoms with Crippen LogP contribution in [0, 0.1) is 0 Å². The van der Waals surface area contributed by atoms with E-state index in [1.165, 1.54) is 0 Å². The molecule has 6 nitrogen and oxygen atoms in total. The highest BCUT2D eigenvalue weighted by atomic mass is 79.9. The van der Waals surface area contributed by atoms with Crippen LogP contribution in [0.15, 0.2) is 21.2 Å². The first-order valence-electron chi connectivity index (χ1n) is 5.91. The third-order valence-corrected chi connectivity index (χ3v) is 3.33. The molecule has 0 bridgehead atoms. The van der Waals surface area contributed by atoms with Gasteiger partial charge < -0.3 is 9.73 Å². The van der Waals surface area contributed by atoms with Gasteiger partial charge in [0.1, 0.15) is 5.82 Å². The molecule has 1 fully saturated rings. The van der Waals surface area contributed by atoms with Gasteiger partial charge in [-0.1, -0.05) is 0 Å². The minimum Gasteiger partial charge on any atom is -0.446 e. The quantitative estimate of drug-likeness (QED) is 0.892. The van der Waals surface area contributed by atoms with Crippen molar-refractivity contribution in [1.82, 2.24) is 25.4 Å². The Morgan fingerprint density at radius 1 is 1.33 bits per heavy atom. The van der Waals surface area contributed by atoms with Crippen LogP contribution in [-0.4, -0.2) is 46.3 Å². The lowest BCUT2D eigenvalue weighted by Gasteiger charge is -2.25. The molecule has 0 unspecified atom stereocenters. The van der Waals surface area contributed by atoms with E-state index in [1.807, 2.05) is 12.1 Å². The van der Waals surface area contributed by atoms with Crippen molar-refractivity contribution in [2.75, 3.05) is 26.2 Å². The van der Waals surface area contributed by atoms with E-state index in [2.05, 4.69) is 41.3 Å². The van der Waals surface area contributed by atoms with E-state index in [0.29, 0.717) is 16.3 Å².